The molecule has 2 nitrogen and oxygen atoms in total. The van der Waals surface area contributed by atoms with Crippen molar-refractivity contribution in [2.24, 2.45) is 5.92 Å². The number of alkyl halides is 13. The Hall–Kier alpha value is -1.93. The molecule has 0 aliphatic heterocycles. The summed E-state index contributed by atoms with van der Waals surface area (Å²) in [4.78, 5) is 0. The Kier molecular flexibility index (Phi) is 7.96. The summed E-state index contributed by atoms with van der Waals surface area (Å²) in [5, 5.41) is 9.75. The Morgan fingerprint density at radius 3 is 1.70 bits per heavy atom. The van der Waals surface area contributed by atoms with Crippen molar-refractivity contribution in [1.29, 1.82) is 0 Å². The largest absolute Gasteiger partial charge is 0.493 e. The van der Waals surface area contributed by atoms with Crippen molar-refractivity contribution < 1.29 is 66.9 Å². The number of hydrogen-bond acceptors (Lipinski definition) is 2. The molecule has 0 aliphatic carbocycles. The second-order valence-electron chi connectivity index (χ2n) is 7.50. The van der Waals surface area contributed by atoms with E-state index in [-0.39, 0.29) is 18.3 Å². The molecule has 1 aromatic carbocycles. The van der Waals surface area contributed by atoms with E-state index in [1.165, 1.54) is 6.07 Å². The highest BCUT2D eigenvalue weighted by Crippen LogP contribution is 2.61. The number of halogens is 13. The van der Waals surface area contributed by atoms with E-state index in [1.54, 1.807) is 13.8 Å². The van der Waals surface area contributed by atoms with E-state index >= 15 is 0 Å². The molecule has 0 saturated carbocycles. The molecule has 15 heteroatoms. The van der Waals surface area contributed by atoms with Gasteiger partial charge in [-0.1, -0.05) is 26.0 Å². The maximum Gasteiger partial charge on any atom is 0.460 e. The van der Waals surface area contributed by atoms with E-state index in [4.69, 9.17) is 4.74 Å². The smallest absolute Gasteiger partial charge is 0.460 e. The zero-order valence-corrected chi connectivity index (χ0v) is 16.6. The van der Waals surface area contributed by atoms with Crippen molar-refractivity contribution in [1.82, 2.24) is 0 Å². The minimum atomic E-state index is -7.97. The topological polar surface area (TPSA) is 29.5 Å². The van der Waals surface area contributed by atoms with Gasteiger partial charge in [0, 0.05) is 6.42 Å². The van der Waals surface area contributed by atoms with E-state index in [0.717, 1.165) is 18.2 Å². The van der Waals surface area contributed by atoms with Crippen molar-refractivity contribution in [3.8, 4) is 5.75 Å². The highest BCUT2D eigenvalue weighted by atomic mass is 19.4. The zero-order chi connectivity index (χ0) is 26.3. The highest BCUT2D eigenvalue weighted by Gasteiger charge is 2.90. The first kappa shape index (κ1) is 29.1. The molecule has 1 atom stereocenters. The Morgan fingerprint density at radius 2 is 1.24 bits per heavy atom. The van der Waals surface area contributed by atoms with Crippen LogP contribution in [-0.4, -0.2) is 47.5 Å². The lowest BCUT2D eigenvalue weighted by Gasteiger charge is -2.40. The highest BCUT2D eigenvalue weighted by molar-refractivity contribution is 5.30. The van der Waals surface area contributed by atoms with Gasteiger partial charge in [0.2, 0.25) is 0 Å². The van der Waals surface area contributed by atoms with Crippen LogP contribution in [0.25, 0.3) is 0 Å². The van der Waals surface area contributed by atoms with Gasteiger partial charge >= 0.3 is 35.8 Å². The fraction of sp³-hybridized carbons (Fsp3) is 0.667. The summed E-state index contributed by atoms with van der Waals surface area (Å²) >= 11 is 0. The van der Waals surface area contributed by atoms with Crippen molar-refractivity contribution in [3.05, 3.63) is 29.8 Å². The van der Waals surface area contributed by atoms with Crippen molar-refractivity contribution in [2.45, 2.75) is 62.2 Å². The molecule has 1 N–H and O–H groups in total. The van der Waals surface area contributed by atoms with E-state index < -0.39 is 53.9 Å². The van der Waals surface area contributed by atoms with Crippen molar-refractivity contribution in [2.75, 3.05) is 6.61 Å². The number of hydrogen-bond donors (Lipinski definition) is 1. The minimum absolute atomic E-state index is 0.0414. The molecule has 1 rings (SSSR count). The van der Waals surface area contributed by atoms with E-state index in [1.807, 2.05) is 0 Å². The van der Waals surface area contributed by atoms with Gasteiger partial charge in [0.1, 0.15) is 5.75 Å². The molecule has 33 heavy (non-hydrogen) atoms. The summed E-state index contributed by atoms with van der Waals surface area (Å²) in [5.41, 5.74) is -0.637. The first-order chi connectivity index (χ1) is 14.5. The van der Waals surface area contributed by atoms with Crippen LogP contribution in [0.5, 0.6) is 5.75 Å². The van der Waals surface area contributed by atoms with Gasteiger partial charge in [0.05, 0.1) is 12.7 Å². The van der Waals surface area contributed by atoms with Gasteiger partial charge in [-0.05, 0) is 23.6 Å². The Morgan fingerprint density at radius 1 is 0.758 bits per heavy atom. The number of rotatable bonds is 10. The van der Waals surface area contributed by atoms with E-state index in [9.17, 15) is 62.2 Å². The average molecular weight is 512 g/mol. The van der Waals surface area contributed by atoms with Crippen LogP contribution < -0.4 is 4.74 Å². The molecule has 1 aromatic rings. The molecule has 0 aliphatic rings. The number of aliphatic hydroxyl groups is 1. The molecule has 1 unspecified atom stereocenters. The number of benzene rings is 1. The van der Waals surface area contributed by atoms with Crippen LogP contribution in [0.2, 0.25) is 0 Å². The molecule has 0 fully saturated rings. The predicted octanol–water partition coefficient (Wildman–Crippen LogP) is 6.88. The Balaban J connectivity index is 3.26. The fourth-order valence-corrected chi connectivity index (χ4v) is 2.37. The molecule has 0 radical (unpaired) electrons. The molecule has 192 valence electrons. The zero-order valence-electron chi connectivity index (χ0n) is 16.6. The maximum atomic E-state index is 13.9. The number of aliphatic hydroxyl groups excluding tert-OH is 1. The summed E-state index contributed by atoms with van der Waals surface area (Å²) in [5.74, 6) is -37.6. The van der Waals surface area contributed by atoms with Crippen LogP contribution in [0.15, 0.2) is 24.3 Å². The molecule has 0 amide bonds. The second-order valence-corrected chi connectivity index (χ2v) is 7.50. The monoisotopic (exact) mass is 512 g/mol. The minimum Gasteiger partial charge on any atom is -0.493 e. The first-order valence-corrected chi connectivity index (χ1v) is 8.89. The van der Waals surface area contributed by atoms with Crippen LogP contribution in [-0.2, 0) is 0 Å². The molecule has 0 bridgehead atoms. The summed E-state index contributed by atoms with van der Waals surface area (Å²) in [6.45, 7) is 3.49. The molecule has 0 spiro atoms. The van der Waals surface area contributed by atoms with Crippen LogP contribution in [0, 0.1) is 5.92 Å². The van der Waals surface area contributed by atoms with Crippen LogP contribution in [0.4, 0.5) is 57.1 Å². The van der Waals surface area contributed by atoms with Crippen LogP contribution >= 0.6 is 0 Å². The molecule has 0 heterocycles. The van der Waals surface area contributed by atoms with Gasteiger partial charge in [-0.3, -0.25) is 0 Å². The van der Waals surface area contributed by atoms with Crippen LogP contribution in [0.1, 0.15) is 31.9 Å². The Bertz CT molecular complexity index is 803. The SMILES string of the molecule is CC(C)COc1cccc(C(O)CC(F)(F)C(F)(F)C(F)(F)C(F)(F)C(F)(F)C(F)(F)F)c1. The summed E-state index contributed by atoms with van der Waals surface area (Å²) in [6.07, 6.45) is -12.9. The third-order valence-electron chi connectivity index (χ3n) is 4.27. The molecular formula is C18H17F13O2. The maximum absolute atomic E-state index is 13.9. The normalized spacial score (nSPS) is 15.7. The average Bonchev–Trinajstić information content (AvgIpc) is 2.64. The lowest BCUT2D eigenvalue weighted by atomic mass is 9.90. The van der Waals surface area contributed by atoms with Gasteiger partial charge in [-0.25, -0.2) is 0 Å². The standard InChI is InChI=1S/C18H17F13O2/c1-9(2)8-33-11-5-3-4-10(6-11)12(32)7-13(19,20)14(21,22)15(23,24)16(25,26)17(27,28)18(29,30)31/h3-6,9,12,32H,7-8H2,1-2H3. The third kappa shape index (κ3) is 5.27. The van der Waals surface area contributed by atoms with Gasteiger partial charge in [-0.15, -0.1) is 0 Å². The Labute approximate surface area is 178 Å². The van der Waals surface area contributed by atoms with Gasteiger partial charge in [-0.2, -0.15) is 57.1 Å². The van der Waals surface area contributed by atoms with Gasteiger partial charge < -0.3 is 9.84 Å². The number of ether oxygens (including phenoxy) is 1. The van der Waals surface area contributed by atoms with E-state index in [0.29, 0.717) is 0 Å². The fourth-order valence-electron chi connectivity index (χ4n) is 2.37. The molecular weight excluding hydrogens is 495 g/mol. The molecule has 0 saturated heterocycles. The second kappa shape index (κ2) is 9.02. The summed E-state index contributed by atoms with van der Waals surface area (Å²) in [7, 11) is 0. The summed E-state index contributed by atoms with van der Waals surface area (Å²) < 4.78 is 176. The molecule has 0 aromatic heterocycles. The van der Waals surface area contributed by atoms with Crippen LogP contribution in [0.3, 0.4) is 0 Å². The first-order valence-electron chi connectivity index (χ1n) is 8.89. The third-order valence-corrected chi connectivity index (χ3v) is 4.27. The van der Waals surface area contributed by atoms with Crippen molar-refractivity contribution >= 4 is 0 Å². The quantitative estimate of drug-likeness (QED) is 0.347. The van der Waals surface area contributed by atoms with E-state index in [2.05, 4.69) is 0 Å². The van der Waals surface area contributed by atoms with Gasteiger partial charge in [0.15, 0.2) is 0 Å². The van der Waals surface area contributed by atoms with Gasteiger partial charge in [0.25, 0.3) is 0 Å². The van der Waals surface area contributed by atoms with Crippen molar-refractivity contribution in [3.63, 3.8) is 0 Å². The lowest BCUT2D eigenvalue weighted by Crippen LogP contribution is -2.70. The lowest BCUT2D eigenvalue weighted by molar-refractivity contribution is -0.440. The summed E-state index contributed by atoms with van der Waals surface area (Å²) in [6, 6.07) is 3.97. The predicted molar refractivity (Wildman–Crippen MR) is 87.1 cm³/mol.